The summed E-state index contributed by atoms with van der Waals surface area (Å²) >= 11 is 1.77. The number of benzene rings is 1. The van der Waals surface area contributed by atoms with Gasteiger partial charge in [0.15, 0.2) is 5.17 Å². The molecule has 2 atom stereocenters. The molecule has 2 heterocycles. The van der Waals surface area contributed by atoms with E-state index in [0.717, 1.165) is 6.42 Å². The van der Waals surface area contributed by atoms with Crippen molar-refractivity contribution in [1.82, 2.24) is 10.2 Å². The maximum Gasteiger partial charge on any atom is 0.216 e. The lowest BCUT2D eigenvalue weighted by Crippen LogP contribution is -2.38. The van der Waals surface area contributed by atoms with Crippen LogP contribution in [0.1, 0.15) is 43.7 Å². The molecule has 1 amide bonds. The third kappa shape index (κ3) is 2.97. The molecule has 1 saturated carbocycles. The zero-order valence-corrected chi connectivity index (χ0v) is 14.8. The van der Waals surface area contributed by atoms with Crippen molar-refractivity contribution in [2.24, 2.45) is 4.99 Å². The van der Waals surface area contributed by atoms with Crippen LogP contribution in [-0.2, 0) is 11.2 Å². The van der Waals surface area contributed by atoms with Gasteiger partial charge in [0.05, 0.1) is 17.8 Å². The summed E-state index contributed by atoms with van der Waals surface area (Å²) in [6.45, 7) is 2.25. The Hall–Kier alpha value is -1.75. The van der Waals surface area contributed by atoms with Gasteiger partial charge in [-0.2, -0.15) is 0 Å². The number of hydrogen-bond donors (Lipinski definition) is 1. The zero-order valence-electron chi connectivity index (χ0n) is 14.0. The first-order valence-corrected chi connectivity index (χ1v) is 9.68. The smallest absolute Gasteiger partial charge is 0.216 e. The monoisotopic (exact) mass is 341 g/mol. The largest absolute Gasteiger partial charge is 0.356 e. The Balaban J connectivity index is 1.46. The van der Waals surface area contributed by atoms with Crippen molar-refractivity contribution < 1.29 is 4.79 Å². The van der Waals surface area contributed by atoms with Crippen LogP contribution >= 0.6 is 11.8 Å². The van der Waals surface area contributed by atoms with Crippen LogP contribution in [0.2, 0.25) is 0 Å². The summed E-state index contributed by atoms with van der Waals surface area (Å²) in [7, 11) is 0. The van der Waals surface area contributed by atoms with E-state index in [0.29, 0.717) is 18.6 Å². The highest BCUT2D eigenvalue weighted by atomic mass is 32.2. The van der Waals surface area contributed by atoms with Gasteiger partial charge in [0.1, 0.15) is 0 Å². The van der Waals surface area contributed by atoms with Gasteiger partial charge in [0.25, 0.3) is 0 Å². The van der Waals surface area contributed by atoms with E-state index in [2.05, 4.69) is 39.9 Å². The van der Waals surface area contributed by atoms with Gasteiger partial charge >= 0.3 is 0 Å². The molecule has 1 N–H and O–H groups in total. The highest BCUT2D eigenvalue weighted by molar-refractivity contribution is 8.16. The summed E-state index contributed by atoms with van der Waals surface area (Å²) < 4.78 is 0. The fraction of sp³-hybridized carbons (Fsp3) is 0.474. The van der Waals surface area contributed by atoms with Gasteiger partial charge in [-0.3, -0.25) is 9.79 Å². The van der Waals surface area contributed by atoms with Gasteiger partial charge in [-0.1, -0.05) is 48.9 Å². The van der Waals surface area contributed by atoms with Crippen LogP contribution in [-0.4, -0.2) is 34.6 Å². The van der Waals surface area contributed by atoms with Crippen LogP contribution in [0.15, 0.2) is 34.7 Å². The number of amidine groups is 1. The van der Waals surface area contributed by atoms with Crippen molar-refractivity contribution in [3.8, 4) is 0 Å². The van der Waals surface area contributed by atoms with Gasteiger partial charge < -0.3 is 10.2 Å². The predicted molar refractivity (Wildman–Crippen MR) is 99.7 cm³/mol. The van der Waals surface area contributed by atoms with Crippen LogP contribution in [0, 0.1) is 0 Å². The first kappa shape index (κ1) is 15.8. The van der Waals surface area contributed by atoms with Crippen molar-refractivity contribution in [2.45, 2.75) is 51.1 Å². The second-order valence-corrected chi connectivity index (χ2v) is 7.59. The van der Waals surface area contributed by atoms with Gasteiger partial charge in [-0.05, 0) is 30.4 Å². The van der Waals surface area contributed by atoms with Crippen LogP contribution in [0.4, 0.5) is 0 Å². The third-order valence-corrected chi connectivity index (χ3v) is 5.93. The molecule has 1 aromatic carbocycles. The topological polar surface area (TPSA) is 44.7 Å². The number of rotatable bonds is 4. The number of aliphatic imine (C=N–C) groups is 1. The summed E-state index contributed by atoms with van der Waals surface area (Å²) in [4.78, 5) is 18.4. The molecule has 0 saturated heterocycles. The molecule has 0 unspecified atom stereocenters. The SMILES string of the molecule is CC(=O)NCCc1ccc(C2=CSC3=N[C@@H]4CCCC[C@@H]4N23)cc1. The number of hydrogen-bond acceptors (Lipinski definition) is 4. The Morgan fingerprint density at radius 2 is 2.08 bits per heavy atom. The highest BCUT2D eigenvalue weighted by Gasteiger charge is 2.41. The molecule has 1 fully saturated rings. The van der Waals surface area contributed by atoms with Gasteiger partial charge in [0.2, 0.25) is 5.91 Å². The van der Waals surface area contributed by atoms with Crippen LogP contribution in [0.3, 0.4) is 0 Å². The van der Waals surface area contributed by atoms with E-state index in [4.69, 9.17) is 4.99 Å². The molecule has 1 aliphatic carbocycles. The van der Waals surface area contributed by atoms with E-state index in [-0.39, 0.29) is 5.91 Å². The summed E-state index contributed by atoms with van der Waals surface area (Å²) in [5.74, 6) is 0.0302. The lowest BCUT2D eigenvalue weighted by atomic mass is 9.90. The van der Waals surface area contributed by atoms with Crippen molar-refractivity contribution in [1.29, 1.82) is 0 Å². The second-order valence-electron chi connectivity index (χ2n) is 6.75. The maximum atomic E-state index is 10.9. The quantitative estimate of drug-likeness (QED) is 0.913. The maximum absolute atomic E-state index is 10.9. The summed E-state index contributed by atoms with van der Waals surface area (Å²) in [5, 5.41) is 6.28. The lowest BCUT2D eigenvalue weighted by molar-refractivity contribution is -0.118. The van der Waals surface area contributed by atoms with Crippen LogP contribution < -0.4 is 5.32 Å². The number of nitrogens with zero attached hydrogens (tertiary/aromatic N) is 2. The number of thioether (sulfide) groups is 1. The molecule has 3 aliphatic rings. The number of carbonyl (C=O) groups excluding carboxylic acids is 1. The van der Waals surface area contributed by atoms with Gasteiger partial charge in [-0.15, -0.1) is 0 Å². The van der Waals surface area contributed by atoms with E-state index >= 15 is 0 Å². The van der Waals surface area contributed by atoms with Crippen LogP contribution in [0.25, 0.3) is 5.70 Å². The first-order chi connectivity index (χ1) is 11.7. The minimum absolute atomic E-state index is 0.0302. The predicted octanol–water partition coefficient (Wildman–Crippen LogP) is 3.39. The van der Waals surface area contributed by atoms with E-state index in [1.165, 1.54) is 47.7 Å². The average Bonchev–Trinajstić information content (AvgIpc) is 3.14. The first-order valence-electron chi connectivity index (χ1n) is 8.80. The Morgan fingerprint density at radius 1 is 1.29 bits per heavy atom. The van der Waals surface area contributed by atoms with Crippen molar-refractivity contribution in [3.05, 3.63) is 40.8 Å². The van der Waals surface area contributed by atoms with E-state index in [1.807, 2.05) is 0 Å². The molecule has 0 aromatic heterocycles. The fourth-order valence-electron chi connectivity index (χ4n) is 3.86. The Labute approximate surface area is 147 Å². The fourth-order valence-corrected chi connectivity index (χ4v) is 4.87. The molecular formula is C19H23N3OS. The molecule has 0 radical (unpaired) electrons. The minimum atomic E-state index is 0.0302. The molecule has 24 heavy (non-hydrogen) atoms. The van der Waals surface area contributed by atoms with Crippen molar-refractivity contribution in [2.75, 3.05) is 6.54 Å². The molecule has 5 heteroatoms. The molecule has 2 aliphatic heterocycles. The van der Waals surface area contributed by atoms with Gasteiger partial charge in [-0.25, -0.2) is 0 Å². The van der Waals surface area contributed by atoms with E-state index in [9.17, 15) is 4.79 Å². The molecule has 0 spiro atoms. The molecule has 4 rings (SSSR count). The van der Waals surface area contributed by atoms with E-state index < -0.39 is 0 Å². The second kappa shape index (κ2) is 6.63. The number of nitrogens with one attached hydrogen (secondary N) is 1. The molecule has 126 valence electrons. The van der Waals surface area contributed by atoms with Gasteiger partial charge in [0, 0.05) is 18.9 Å². The van der Waals surface area contributed by atoms with Crippen molar-refractivity contribution in [3.63, 3.8) is 0 Å². The summed E-state index contributed by atoms with van der Waals surface area (Å²) in [5.41, 5.74) is 3.83. The molecule has 1 aromatic rings. The average molecular weight is 341 g/mol. The van der Waals surface area contributed by atoms with Crippen LogP contribution in [0.5, 0.6) is 0 Å². The molecule has 0 bridgehead atoms. The third-order valence-electron chi connectivity index (χ3n) is 5.08. The standard InChI is InChI=1S/C19H23N3OS/c1-13(23)20-11-10-14-6-8-15(9-7-14)18-12-24-19-21-16-4-2-3-5-17(16)22(18)19/h6-9,12,16-17H,2-5,10-11H2,1H3,(H,20,23)/t16-,17+/m1/s1. The van der Waals surface area contributed by atoms with Crippen molar-refractivity contribution >= 4 is 28.5 Å². The molecule has 4 nitrogen and oxygen atoms in total. The number of carbonyl (C=O) groups is 1. The van der Waals surface area contributed by atoms with E-state index in [1.54, 1.807) is 18.7 Å². The summed E-state index contributed by atoms with van der Waals surface area (Å²) in [6.07, 6.45) is 6.00. The zero-order chi connectivity index (χ0) is 16.5. The Kier molecular flexibility index (Phi) is 4.35. The number of fused-ring (bicyclic) bond motifs is 3. The minimum Gasteiger partial charge on any atom is -0.356 e. The lowest BCUT2D eigenvalue weighted by Gasteiger charge is -2.32. The summed E-state index contributed by atoms with van der Waals surface area (Å²) in [6, 6.07) is 9.82. The normalized spacial score (nSPS) is 25.0. The Morgan fingerprint density at radius 3 is 2.88 bits per heavy atom. The number of amides is 1. The highest BCUT2D eigenvalue weighted by Crippen LogP contribution is 2.43. The Bertz CT molecular complexity index is 695. The molecular weight excluding hydrogens is 318 g/mol.